The summed E-state index contributed by atoms with van der Waals surface area (Å²) < 4.78 is 5.46. The number of nitrogens with zero attached hydrogens (tertiary/aromatic N) is 1. The highest BCUT2D eigenvalue weighted by molar-refractivity contribution is 5.94. The fourth-order valence-electron chi connectivity index (χ4n) is 2.69. The van der Waals surface area contributed by atoms with Gasteiger partial charge in [0.1, 0.15) is 6.61 Å². The topological polar surface area (TPSA) is 47.6 Å². The highest BCUT2D eigenvalue weighted by Crippen LogP contribution is 2.42. The molecule has 0 bridgehead atoms. The summed E-state index contributed by atoms with van der Waals surface area (Å²) in [6.07, 6.45) is 3.75. The van der Waals surface area contributed by atoms with Gasteiger partial charge in [-0.1, -0.05) is 18.6 Å². The van der Waals surface area contributed by atoms with Gasteiger partial charge in [0, 0.05) is 17.5 Å². The van der Waals surface area contributed by atoms with Crippen molar-refractivity contribution < 1.29 is 4.74 Å². The van der Waals surface area contributed by atoms with E-state index in [0.717, 1.165) is 24.6 Å². The minimum absolute atomic E-state index is 0.247. The number of hydrogen-bond acceptors (Lipinski definition) is 3. The summed E-state index contributed by atoms with van der Waals surface area (Å²) in [4.78, 5) is 4.32. The summed E-state index contributed by atoms with van der Waals surface area (Å²) in [5.41, 5.74) is 8.61. The third-order valence-corrected chi connectivity index (χ3v) is 4.03. The molecule has 0 aromatic heterocycles. The summed E-state index contributed by atoms with van der Waals surface area (Å²) in [5.74, 6) is 0.784. The Hall–Kier alpha value is -1.35. The van der Waals surface area contributed by atoms with E-state index in [0.29, 0.717) is 6.61 Å². The Balaban J connectivity index is 1.84. The fourth-order valence-corrected chi connectivity index (χ4v) is 2.69. The first-order valence-corrected chi connectivity index (χ1v) is 6.32. The van der Waals surface area contributed by atoms with Gasteiger partial charge < -0.3 is 10.5 Å². The van der Waals surface area contributed by atoms with Gasteiger partial charge in [-0.3, -0.25) is 0 Å². The summed E-state index contributed by atoms with van der Waals surface area (Å²) in [6.45, 7) is 2.25. The van der Waals surface area contributed by atoms with Crippen molar-refractivity contribution in [3.05, 3.63) is 35.4 Å². The van der Waals surface area contributed by atoms with Gasteiger partial charge in [-0.05, 0) is 30.5 Å². The Morgan fingerprint density at radius 2 is 2.00 bits per heavy atom. The predicted molar refractivity (Wildman–Crippen MR) is 68.4 cm³/mol. The van der Waals surface area contributed by atoms with Crippen molar-refractivity contribution in [2.75, 3.05) is 19.7 Å². The van der Waals surface area contributed by atoms with Gasteiger partial charge >= 0.3 is 0 Å². The van der Waals surface area contributed by atoms with Crippen molar-refractivity contribution in [2.24, 2.45) is 10.7 Å². The van der Waals surface area contributed by atoms with Crippen LogP contribution in [0.5, 0.6) is 0 Å². The van der Waals surface area contributed by atoms with Gasteiger partial charge in [-0.2, -0.15) is 0 Å². The first-order chi connectivity index (χ1) is 8.34. The van der Waals surface area contributed by atoms with Gasteiger partial charge in [0.25, 0.3) is 0 Å². The molecular formula is C14H18N2O. The lowest BCUT2D eigenvalue weighted by atomic mass is 9.64. The summed E-state index contributed by atoms with van der Waals surface area (Å²) in [5, 5.41) is 0. The van der Waals surface area contributed by atoms with Crippen LogP contribution in [0, 0.1) is 0 Å². The van der Waals surface area contributed by atoms with E-state index in [-0.39, 0.29) is 5.41 Å². The molecule has 1 aliphatic heterocycles. The molecule has 1 aromatic rings. The van der Waals surface area contributed by atoms with Gasteiger partial charge in [0.05, 0.1) is 6.54 Å². The lowest BCUT2D eigenvalue weighted by molar-refractivity contribution is 0.253. The van der Waals surface area contributed by atoms with Crippen LogP contribution in [0.25, 0.3) is 0 Å². The maximum absolute atomic E-state index is 5.91. The summed E-state index contributed by atoms with van der Waals surface area (Å²) in [7, 11) is 0. The van der Waals surface area contributed by atoms with Crippen LogP contribution in [0.3, 0.4) is 0 Å². The second kappa shape index (κ2) is 4.15. The molecule has 0 spiro atoms. The minimum atomic E-state index is 0.247. The molecule has 0 unspecified atom stereocenters. The van der Waals surface area contributed by atoms with Crippen molar-refractivity contribution >= 4 is 5.90 Å². The molecule has 1 aliphatic carbocycles. The molecule has 1 fully saturated rings. The highest BCUT2D eigenvalue weighted by Gasteiger charge is 2.37. The molecule has 2 N–H and O–H groups in total. The van der Waals surface area contributed by atoms with Crippen LogP contribution < -0.4 is 5.73 Å². The van der Waals surface area contributed by atoms with Crippen LogP contribution in [0.15, 0.2) is 29.3 Å². The Morgan fingerprint density at radius 1 is 1.24 bits per heavy atom. The van der Waals surface area contributed by atoms with Gasteiger partial charge in [-0.25, -0.2) is 4.99 Å². The molecule has 17 heavy (non-hydrogen) atoms. The third kappa shape index (κ3) is 1.75. The molecule has 1 heterocycles. The van der Waals surface area contributed by atoms with E-state index in [4.69, 9.17) is 10.5 Å². The molecular weight excluding hydrogens is 212 g/mol. The standard InChI is InChI=1S/C14H18N2O/c15-10-14(6-1-7-14)12-4-2-11(3-5-12)13-16-8-9-17-13/h2-5H,1,6-10,15H2. The number of aliphatic imine (C=N–C) groups is 1. The number of nitrogens with two attached hydrogens (primary N) is 1. The Bertz CT molecular complexity index is 427. The Kier molecular flexibility index (Phi) is 2.63. The normalized spacial score (nSPS) is 21.6. The molecule has 3 nitrogen and oxygen atoms in total. The quantitative estimate of drug-likeness (QED) is 0.861. The Labute approximate surface area is 102 Å². The van der Waals surface area contributed by atoms with Crippen LogP contribution in [-0.2, 0) is 10.2 Å². The zero-order chi connectivity index (χ0) is 11.7. The highest BCUT2D eigenvalue weighted by atomic mass is 16.5. The molecule has 1 aromatic carbocycles. The molecule has 3 heteroatoms. The molecule has 90 valence electrons. The largest absolute Gasteiger partial charge is 0.476 e. The number of hydrogen-bond donors (Lipinski definition) is 1. The van der Waals surface area contributed by atoms with Crippen molar-refractivity contribution in [1.82, 2.24) is 0 Å². The van der Waals surface area contributed by atoms with E-state index < -0.39 is 0 Å². The van der Waals surface area contributed by atoms with Gasteiger partial charge in [0.2, 0.25) is 5.90 Å². The lowest BCUT2D eigenvalue weighted by Crippen LogP contribution is -2.41. The van der Waals surface area contributed by atoms with Crippen molar-refractivity contribution in [3.63, 3.8) is 0 Å². The summed E-state index contributed by atoms with van der Waals surface area (Å²) >= 11 is 0. The maximum Gasteiger partial charge on any atom is 0.216 e. The molecule has 0 amide bonds. The smallest absolute Gasteiger partial charge is 0.216 e. The van der Waals surface area contributed by atoms with Crippen LogP contribution in [0.1, 0.15) is 30.4 Å². The zero-order valence-electron chi connectivity index (χ0n) is 9.98. The predicted octanol–water partition coefficient (Wildman–Crippen LogP) is 1.84. The van der Waals surface area contributed by atoms with Crippen molar-refractivity contribution in [3.8, 4) is 0 Å². The summed E-state index contributed by atoms with van der Waals surface area (Å²) in [6, 6.07) is 8.58. The molecule has 1 saturated carbocycles. The number of benzene rings is 1. The van der Waals surface area contributed by atoms with E-state index in [1.165, 1.54) is 24.8 Å². The van der Waals surface area contributed by atoms with Crippen molar-refractivity contribution in [1.29, 1.82) is 0 Å². The van der Waals surface area contributed by atoms with Crippen LogP contribution in [0.4, 0.5) is 0 Å². The molecule has 2 aliphatic rings. The van der Waals surface area contributed by atoms with Gasteiger partial charge in [-0.15, -0.1) is 0 Å². The van der Waals surface area contributed by atoms with E-state index in [2.05, 4.69) is 29.3 Å². The van der Waals surface area contributed by atoms with E-state index in [1.54, 1.807) is 0 Å². The Morgan fingerprint density at radius 3 is 2.47 bits per heavy atom. The second-order valence-electron chi connectivity index (χ2n) is 4.95. The van der Waals surface area contributed by atoms with Crippen LogP contribution >= 0.6 is 0 Å². The SMILES string of the molecule is NCC1(c2ccc(C3=NCCO3)cc2)CCC1. The third-order valence-electron chi connectivity index (χ3n) is 4.03. The average molecular weight is 230 g/mol. The van der Waals surface area contributed by atoms with E-state index in [1.807, 2.05) is 0 Å². The fraction of sp³-hybridized carbons (Fsp3) is 0.500. The molecule has 0 saturated heterocycles. The lowest BCUT2D eigenvalue weighted by Gasteiger charge is -2.41. The van der Waals surface area contributed by atoms with Gasteiger partial charge in [0.15, 0.2) is 0 Å². The van der Waals surface area contributed by atoms with Crippen LogP contribution in [-0.4, -0.2) is 25.6 Å². The maximum atomic E-state index is 5.91. The average Bonchev–Trinajstić information content (AvgIpc) is 2.83. The molecule has 3 rings (SSSR count). The monoisotopic (exact) mass is 230 g/mol. The van der Waals surface area contributed by atoms with Crippen LogP contribution in [0.2, 0.25) is 0 Å². The molecule has 0 atom stereocenters. The number of ether oxygens (including phenoxy) is 1. The minimum Gasteiger partial charge on any atom is -0.476 e. The van der Waals surface area contributed by atoms with E-state index >= 15 is 0 Å². The first-order valence-electron chi connectivity index (χ1n) is 6.32. The first kappa shape index (κ1) is 10.8. The van der Waals surface area contributed by atoms with E-state index in [9.17, 15) is 0 Å². The molecule has 0 radical (unpaired) electrons. The zero-order valence-corrected chi connectivity index (χ0v) is 9.98. The second-order valence-corrected chi connectivity index (χ2v) is 4.95. The number of rotatable bonds is 3. The van der Waals surface area contributed by atoms with Crippen molar-refractivity contribution in [2.45, 2.75) is 24.7 Å².